The monoisotopic (exact) mass is 891 g/mol. The summed E-state index contributed by atoms with van der Waals surface area (Å²) < 4.78 is 2.48. The summed E-state index contributed by atoms with van der Waals surface area (Å²) in [5.74, 6) is 0. The largest absolute Gasteiger partial charge is 0.310 e. The van der Waals surface area contributed by atoms with Crippen LogP contribution in [0.25, 0.3) is 70.9 Å². The van der Waals surface area contributed by atoms with Gasteiger partial charge in [0.15, 0.2) is 0 Å². The molecule has 0 aliphatic rings. The van der Waals surface area contributed by atoms with Crippen LogP contribution in [-0.4, -0.2) is 4.57 Å². The minimum Gasteiger partial charge on any atom is -0.310 e. The lowest BCUT2D eigenvalue weighted by atomic mass is 9.72. The first-order valence-corrected chi connectivity index (χ1v) is 24.8. The number of fused-ring (bicyclic) bond motifs is 3. The van der Waals surface area contributed by atoms with Crippen LogP contribution in [0.2, 0.25) is 0 Å². The Morgan fingerprint density at radius 1 is 0.353 bits per heavy atom. The highest BCUT2D eigenvalue weighted by Gasteiger charge is 2.32. The molecule has 1 heterocycles. The second-order valence-electron chi connectivity index (χ2n) is 24.8. The van der Waals surface area contributed by atoms with Crippen LogP contribution in [0, 0.1) is 0 Å². The van der Waals surface area contributed by atoms with Crippen molar-refractivity contribution in [1.29, 1.82) is 0 Å². The van der Waals surface area contributed by atoms with Gasteiger partial charge in [-0.05, 0) is 136 Å². The highest BCUT2D eigenvalue weighted by atomic mass is 15.1. The van der Waals surface area contributed by atoms with E-state index in [1.807, 2.05) is 0 Å². The summed E-state index contributed by atoms with van der Waals surface area (Å²) in [5, 5.41) is 10.2. The van der Waals surface area contributed by atoms with Crippen molar-refractivity contribution >= 4 is 71.2 Å². The molecular formula is C66H70N2. The molecule has 1 aromatic heterocycles. The summed E-state index contributed by atoms with van der Waals surface area (Å²) in [6, 6.07) is 58.4. The van der Waals surface area contributed by atoms with Gasteiger partial charge >= 0.3 is 0 Å². The van der Waals surface area contributed by atoms with Crippen molar-refractivity contribution in [2.24, 2.45) is 0 Å². The van der Waals surface area contributed by atoms with E-state index < -0.39 is 0 Å². The predicted molar refractivity (Wildman–Crippen MR) is 298 cm³/mol. The van der Waals surface area contributed by atoms with Gasteiger partial charge in [0, 0.05) is 32.9 Å². The Bertz CT molecular complexity index is 3440. The van der Waals surface area contributed by atoms with Crippen molar-refractivity contribution in [2.45, 2.75) is 131 Å². The van der Waals surface area contributed by atoms with Crippen LogP contribution in [0.1, 0.15) is 132 Å². The molecule has 0 unspecified atom stereocenters. The lowest BCUT2D eigenvalue weighted by molar-refractivity contribution is 0.566. The fourth-order valence-corrected chi connectivity index (χ4v) is 10.8. The summed E-state index contributed by atoms with van der Waals surface area (Å²) in [7, 11) is 0. The van der Waals surface area contributed by atoms with E-state index in [1.165, 1.54) is 110 Å². The second-order valence-corrected chi connectivity index (χ2v) is 24.8. The summed E-state index contributed by atoms with van der Waals surface area (Å²) in [4.78, 5) is 2.56. The zero-order chi connectivity index (χ0) is 48.5. The number of rotatable bonds is 5. The molecule has 68 heavy (non-hydrogen) atoms. The van der Waals surface area contributed by atoms with Gasteiger partial charge in [-0.3, -0.25) is 0 Å². The minimum atomic E-state index is -0.168. The molecule has 0 spiro atoms. The van der Waals surface area contributed by atoms with Crippen LogP contribution >= 0.6 is 0 Å². The van der Waals surface area contributed by atoms with E-state index in [0.717, 1.165) is 5.69 Å². The average molecular weight is 891 g/mol. The number of anilines is 3. The first-order chi connectivity index (χ1) is 31.9. The predicted octanol–water partition coefficient (Wildman–Crippen LogP) is 19.3. The van der Waals surface area contributed by atoms with Gasteiger partial charge in [-0.15, -0.1) is 0 Å². The molecule has 10 rings (SSSR count). The van der Waals surface area contributed by atoms with Gasteiger partial charge in [0.1, 0.15) is 0 Å². The molecule has 0 radical (unpaired) electrons. The number of aromatic nitrogens is 1. The minimum absolute atomic E-state index is 0.00496. The van der Waals surface area contributed by atoms with E-state index in [2.05, 4.69) is 265 Å². The molecule has 0 bridgehead atoms. The van der Waals surface area contributed by atoms with Crippen LogP contribution < -0.4 is 4.90 Å². The van der Waals surface area contributed by atoms with Gasteiger partial charge in [0.2, 0.25) is 0 Å². The van der Waals surface area contributed by atoms with E-state index >= 15 is 0 Å². The van der Waals surface area contributed by atoms with Crippen molar-refractivity contribution in [3.8, 4) is 16.8 Å². The molecule has 2 heteroatoms. The van der Waals surface area contributed by atoms with Gasteiger partial charge < -0.3 is 9.47 Å². The molecule has 0 aliphatic carbocycles. The van der Waals surface area contributed by atoms with Crippen LogP contribution in [0.4, 0.5) is 17.1 Å². The molecule has 0 saturated heterocycles. The maximum absolute atomic E-state index is 2.56. The van der Waals surface area contributed by atoms with E-state index in [0.29, 0.717) is 0 Å². The van der Waals surface area contributed by atoms with Crippen molar-refractivity contribution in [3.05, 3.63) is 179 Å². The Morgan fingerprint density at radius 2 is 0.809 bits per heavy atom. The number of nitrogens with zero attached hydrogens (tertiary/aromatic N) is 2. The fraction of sp³-hybridized carbons (Fsp3) is 0.303. The third kappa shape index (κ3) is 7.65. The van der Waals surface area contributed by atoms with Crippen molar-refractivity contribution in [1.82, 2.24) is 4.57 Å². The van der Waals surface area contributed by atoms with Gasteiger partial charge in [0.05, 0.1) is 22.4 Å². The third-order valence-electron chi connectivity index (χ3n) is 14.6. The normalized spacial score (nSPS) is 13.2. The standard InChI is InChI=1S/C66H70N2/c1-62(2,3)44-28-30-47(31-29-44)67(48-39-53(65(10,11)12)61(54(40-48)66(13,14)15)43-36-45(63(4,5)6)38-46(37-43)64(7,8)9)57-34-26-41-25-33-52-58(35-27-42-24-32-51(57)59(41)60(42)52)68-55-22-18-16-20-49(55)50-21-17-19-23-56(50)68/h16-40H,1-15H3. The highest BCUT2D eigenvalue weighted by molar-refractivity contribution is 6.27. The molecule has 9 aromatic carbocycles. The maximum atomic E-state index is 2.56. The Labute approximate surface area is 406 Å². The molecule has 10 aromatic rings. The van der Waals surface area contributed by atoms with E-state index in [1.54, 1.807) is 0 Å². The van der Waals surface area contributed by atoms with E-state index in [-0.39, 0.29) is 27.1 Å². The SMILES string of the molecule is CC(C)(C)c1ccc(N(c2cc(C(C)(C)C)c(-c3cc(C(C)(C)C)cc(C(C)(C)C)c3)c(C(C)(C)C)c2)c2ccc3ccc4c(-n5c6ccccc6c6ccccc65)ccc5ccc2c3c54)cc1. The molecule has 0 fully saturated rings. The number of para-hydroxylation sites is 2. The second kappa shape index (κ2) is 15.6. The topological polar surface area (TPSA) is 8.17 Å². The van der Waals surface area contributed by atoms with Crippen molar-refractivity contribution in [3.63, 3.8) is 0 Å². The molecule has 0 N–H and O–H groups in total. The van der Waals surface area contributed by atoms with E-state index in [9.17, 15) is 0 Å². The Morgan fingerprint density at radius 3 is 1.31 bits per heavy atom. The average Bonchev–Trinajstić information content (AvgIpc) is 3.61. The molecule has 0 amide bonds. The summed E-state index contributed by atoms with van der Waals surface area (Å²) in [5.41, 5.74) is 16.3. The quantitative estimate of drug-likeness (QED) is 0.156. The van der Waals surface area contributed by atoms with Crippen molar-refractivity contribution in [2.75, 3.05) is 4.90 Å². The molecule has 0 saturated carbocycles. The molecular weight excluding hydrogens is 821 g/mol. The number of hydrogen-bond donors (Lipinski definition) is 0. The Hall–Kier alpha value is -6.38. The zero-order valence-electron chi connectivity index (χ0n) is 43.3. The number of benzene rings is 9. The molecule has 344 valence electrons. The highest BCUT2D eigenvalue weighted by Crippen LogP contribution is 2.50. The number of hydrogen-bond acceptors (Lipinski definition) is 1. The van der Waals surface area contributed by atoms with Crippen molar-refractivity contribution < 1.29 is 0 Å². The maximum Gasteiger partial charge on any atom is 0.0541 e. The summed E-state index contributed by atoms with van der Waals surface area (Å²) in [6.45, 7) is 35.4. The molecule has 2 nitrogen and oxygen atoms in total. The van der Waals surface area contributed by atoms with Gasteiger partial charge in [0.25, 0.3) is 0 Å². The molecule has 0 aliphatic heterocycles. The Balaban J connectivity index is 1.28. The van der Waals surface area contributed by atoms with E-state index in [4.69, 9.17) is 0 Å². The zero-order valence-corrected chi connectivity index (χ0v) is 43.3. The fourth-order valence-electron chi connectivity index (χ4n) is 10.8. The smallest absolute Gasteiger partial charge is 0.0541 e. The molecule has 0 atom stereocenters. The van der Waals surface area contributed by atoms with Crippen LogP contribution in [-0.2, 0) is 27.1 Å². The van der Waals surface area contributed by atoms with Gasteiger partial charge in [-0.25, -0.2) is 0 Å². The Kier molecular flexibility index (Phi) is 10.4. The van der Waals surface area contributed by atoms with Gasteiger partial charge in [-0.1, -0.05) is 207 Å². The van der Waals surface area contributed by atoms with Crippen LogP contribution in [0.15, 0.2) is 152 Å². The third-order valence-corrected chi connectivity index (χ3v) is 14.6. The summed E-state index contributed by atoms with van der Waals surface area (Å²) >= 11 is 0. The van der Waals surface area contributed by atoms with Crippen LogP contribution in [0.3, 0.4) is 0 Å². The lowest BCUT2D eigenvalue weighted by Crippen LogP contribution is -2.22. The first-order valence-electron chi connectivity index (χ1n) is 24.8. The lowest BCUT2D eigenvalue weighted by Gasteiger charge is -2.36. The van der Waals surface area contributed by atoms with Crippen LogP contribution in [0.5, 0.6) is 0 Å². The van der Waals surface area contributed by atoms with Gasteiger partial charge in [-0.2, -0.15) is 0 Å². The first kappa shape index (κ1) is 45.4. The summed E-state index contributed by atoms with van der Waals surface area (Å²) in [6.07, 6.45) is 0.